The van der Waals surface area contributed by atoms with Crippen LogP contribution >= 0.6 is 35.0 Å². The molecule has 0 radical (unpaired) electrons. The summed E-state index contributed by atoms with van der Waals surface area (Å²) in [6, 6.07) is 12.5. The number of likely N-dealkylation sites (N-methyl/N-ethyl adjacent to an activating group) is 1. The first-order valence-electron chi connectivity index (χ1n) is 11.0. The molecule has 0 aliphatic carbocycles. The minimum Gasteiger partial charge on any atom is -0.336 e. The standard InChI is InChI=1S/C25H21Cl2N5O2S/c1-31-9-11-32(12-10-31)24(34)16-7-8-28-20-6-5-15(13-17(16)20)14-21-23(33)30-25(35-21)29-22-18(26)3-2-4-19(22)27/h2-8,13-14H,9-12H2,1H3,(H,29,30,33)/b21-14+. The fourth-order valence-corrected chi connectivity index (χ4v) is 5.26. The topological polar surface area (TPSA) is 77.9 Å². The van der Waals surface area contributed by atoms with Crippen LogP contribution in [0.3, 0.4) is 0 Å². The first-order chi connectivity index (χ1) is 16.9. The van der Waals surface area contributed by atoms with Gasteiger partial charge in [0.1, 0.15) is 5.69 Å². The van der Waals surface area contributed by atoms with E-state index in [0.29, 0.717) is 44.5 Å². The van der Waals surface area contributed by atoms with Crippen LogP contribution in [0.15, 0.2) is 58.6 Å². The van der Waals surface area contributed by atoms with Crippen molar-refractivity contribution in [3.8, 4) is 0 Å². The van der Waals surface area contributed by atoms with Gasteiger partial charge in [-0.05, 0) is 60.8 Å². The number of benzene rings is 2. The van der Waals surface area contributed by atoms with Gasteiger partial charge in [-0.15, -0.1) is 0 Å². The molecule has 2 fully saturated rings. The van der Waals surface area contributed by atoms with E-state index in [-0.39, 0.29) is 11.8 Å². The smallest absolute Gasteiger partial charge is 0.264 e. The third-order valence-corrected chi connectivity index (χ3v) is 7.41. The average molecular weight is 526 g/mol. The third-order valence-electron chi connectivity index (χ3n) is 5.89. The molecule has 3 aromatic rings. The highest BCUT2D eigenvalue weighted by Gasteiger charge is 2.25. The number of fused-ring (bicyclic) bond motifs is 1. The predicted molar refractivity (Wildman–Crippen MR) is 142 cm³/mol. The van der Waals surface area contributed by atoms with Gasteiger partial charge in [0.25, 0.3) is 11.8 Å². The Bertz CT molecular complexity index is 1380. The highest BCUT2D eigenvalue weighted by molar-refractivity contribution is 8.18. The summed E-state index contributed by atoms with van der Waals surface area (Å²) in [7, 11) is 2.06. The minimum atomic E-state index is -0.267. The molecule has 35 heavy (non-hydrogen) atoms. The summed E-state index contributed by atoms with van der Waals surface area (Å²) in [6.07, 6.45) is 3.43. The van der Waals surface area contributed by atoms with Crippen LogP contribution in [-0.4, -0.2) is 65.0 Å². The van der Waals surface area contributed by atoms with Crippen LogP contribution in [0, 0.1) is 0 Å². The molecule has 2 aliphatic rings. The monoisotopic (exact) mass is 525 g/mol. The van der Waals surface area contributed by atoms with E-state index in [2.05, 4.69) is 27.2 Å². The van der Waals surface area contributed by atoms with Crippen molar-refractivity contribution in [3.63, 3.8) is 0 Å². The van der Waals surface area contributed by atoms with Crippen LogP contribution in [-0.2, 0) is 4.79 Å². The second-order valence-corrected chi connectivity index (χ2v) is 10.1. The highest BCUT2D eigenvalue weighted by Crippen LogP contribution is 2.36. The Morgan fingerprint density at radius 3 is 2.60 bits per heavy atom. The Hall–Kier alpha value is -2.91. The minimum absolute atomic E-state index is 0.00525. The van der Waals surface area contributed by atoms with E-state index in [1.807, 2.05) is 23.1 Å². The summed E-state index contributed by atoms with van der Waals surface area (Å²) in [6.45, 7) is 3.08. The molecule has 3 heterocycles. The number of thioether (sulfide) groups is 1. The molecule has 0 bridgehead atoms. The van der Waals surface area contributed by atoms with Gasteiger partial charge in [0.2, 0.25) is 0 Å². The second kappa shape index (κ2) is 9.99. The van der Waals surface area contributed by atoms with E-state index in [4.69, 9.17) is 23.2 Å². The zero-order valence-electron chi connectivity index (χ0n) is 18.8. The predicted octanol–water partition coefficient (Wildman–Crippen LogP) is 4.82. The lowest BCUT2D eigenvalue weighted by Gasteiger charge is -2.32. The van der Waals surface area contributed by atoms with E-state index in [1.165, 1.54) is 11.8 Å². The van der Waals surface area contributed by atoms with Gasteiger partial charge >= 0.3 is 0 Å². The molecule has 2 amide bonds. The Morgan fingerprint density at radius 2 is 1.86 bits per heavy atom. The molecular weight excluding hydrogens is 505 g/mol. The quantitative estimate of drug-likeness (QED) is 0.496. The summed E-state index contributed by atoms with van der Waals surface area (Å²) in [4.78, 5) is 39.3. The Kier molecular flexibility index (Phi) is 6.80. The normalized spacial score (nSPS) is 19.1. The molecule has 1 aromatic heterocycles. The van der Waals surface area contributed by atoms with E-state index < -0.39 is 0 Å². The number of amidine groups is 1. The van der Waals surface area contributed by atoms with Gasteiger partial charge in [0.05, 0.1) is 26.0 Å². The molecule has 0 saturated carbocycles. The van der Waals surface area contributed by atoms with Crippen LogP contribution in [0.2, 0.25) is 10.0 Å². The molecule has 1 N–H and O–H groups in total. The van der Waals surface area contributed by atoms with Crippen LogP contribution in [0.5, 0.6) is 0 Å². The van der Waals surface area contributed by atoms with Crippen LogP contribution < -0.4 is 5.32 Å². The number of rotatable bonds is 3. The van der Waals surface area contributed by atoms with Crippen molar-refractivity contribution < 1.29 is 9.59 Å². The third kappa shape index (κ3) is 5.06. The number of hydrogen-bond acceptors (Lipinski definition) is 6. The van der Waals surface area contributed by atoms with Crippen LogP contribution in [0.4, 0.5) is 5.69 Å². The van der Waals surface area contributed by atoms with Gasteiger partial charge in [0.15, 0.2) is 5.17 Å². The van der Waals surface area contributed by atoms with Gasteiger partial charge in [0, 0.05) is 37.8 Å². The molecule has 0 unspecified atom stereocenters. The fourth-order valence-electron chi connectivity index (χ4n) is 3.95. The van der Waals surface area contributed by atoms with E-state index in [1.54, 1.807) is 36.5 Å². The Labute approximate surface area is 216 Å². The van der Waals surface area contributed by atoms with Crippen LogP contribution in [0.1, 0.15) is 15.9 Å². The summed E-state index contributed by atoms with van der Waals surface area (Å²) in [5.74, 6) is -0.272. The Morgan fingerprint density at radius 1 is 1.11 bits per heavy atom. The highest BCUT2D eigenvalue weighted by atomic mass is 35.5. The summed E-state index contributed by atoms with van der Waals surface area (Å²) < 4.78 is 0. The lowest BCUT2D eigenvalue weighted by atomic mass is 10.0. The summed E-state index contributed by atoms with van der Waals surface area (Å²) in [5, 5.41) is 4.70. The van der Waals surface area contributed by atoms with E-state index in [9.17, 15) is 9.59 Å². The summed E-state index contributed by atoms with van der Waals surface area (Å²) >= 11 is 13.6. The maximum Gasteiger partial charge on any atom is 0.264 e. The van der Waals surface area contributed by atoms with Crippen LogP contribution in [0.25, 0.3) is 17.0 Å². The number of hydrogen-bond donors (Lipinski definition) is 1. The first kappa shape index (κ1) is 23.8. The van der Waals surface area contributed by atoms with Gasteiger partial charge in [-0.2, -0.15) is 0 Å². The van der Waals surface area contributed by atoms with Crippen molar-refractivity contribution in [1.29, 1.82) is 0 Å². The molecule has 2 aliphatic heterocycles. The SMILES string of the molecule is CN1CCN(C(=O)c2ccnc3ccc(/C=C4/SC(=Nc5c(Cl)cccc5Cl)NC4=O)cc23)CC1. The lowest BCUT2D eigenvalue weighted by molar-refractivity contribution is -0.115. The molecule has 2 aromatic carbocycles. The molecule has 10 heteroatoms. The lowest BCUT2D eigenvalue weighted by Crippen LogP contribution is -2.47. The molecule has 178 valence electrons. The number of amides is 2. The number of pyridine rings is 1. The zero-order valence-corrected chi connectivity index (χ0v) is 21.1. The average Bonchev–Trinajstić information content (AvgIpc) is 3.19. The zero-order chi connectivity index (χ0) is 24.5. The first-order valence-corrected chi connectivity index (χ1v) is 12.6. The number of aliphatic imine (C=N–C) groups is 1. The van der Waals surface area contributed by atoms with Gasteiger partial charge in [-0.25, -0.2) is 4.99 Å². The molecule has 7 nitrogen and oxygen atoms in total. The number of carbonyl (C=O) groups is 2. The van der Waals surface area contributed by atoms with Crippen molar-refractivity contribution in [2.45, 2.75) is 0 Å². The summed E-state index contributed by atoms with van der Waals surface area (Å²) in [5.41, 5.74) is 2.53. The largest absolute Gasteiger partial charge is 0.336 e. The van der Waals surface area contributed by atoms with E-state index >= 15 is 0 Å². The Balaban J connectivity index is 1.44. The number of carbonyl (C=O) groups excluding carboxylic acids is 2. The number of nitrogens with one attached hydrogen (secondary N) is 1. The van der Waals surface area contributed by atoms with Gasteiger partial charge < -0.3 is 15.1 Å². The molecule has 0 spiro atoms. The number of para-hydroxylation sites is 1. The fraction of sp³-hybridized carbons (Fsp3) is 0.200. The van der Waals surface area contributed by atoms with Crippen molar-refractivity contribution in [2.75, 3.05) is 33.2 Å². The number of nitrogens with zero attached hydrogens (tertiary/aromatic N) is 4. The van der Waals surface area contributed by atoms with Crippen molar-refractivity contribution in [3.05, 3.63) is 74.7 Å². The van der Waals surface area contributed by atoms with Gasteiger partial charge in [-0.3, -0.25) is 14.6 Å². The molecule has 5 rings (SSSR count). The maximum absolute atomic E-state index is 13.3. The molecule has 2 saturated heterocycles. The van der Waals surface area contributed by atoms with Gasteiger partial charge in [-0.1, -0.05) is 35.3 Å². The number of aromatic nitrogens is 1. The maximum atomic E-state index is 13.3. The molecule has 0 atom stereocenters. The second-order valence-electron chi connectivity index (χ2n) is 8.28. The molecular formula is C25H21Cl2N5O2S. The number of halogens is 2. The van der Waals surface area contributed by atoms with Crippen molar-refractivity contribution in [2.24, 2.45) is 4.99 Å². The number of piperazine rings is 1. The van der Waals surface area contributed by atoms with Crippen molar-refractivity contribution >= 4 is 74.6 Å². The van der Waals surface area contributed by atoms with E-state index in [0.717, 1.165) is 29.6 Å². The van der Waals surface area contributed by atoms with Crippen molar-refractivity contribution in [1.82, 2.24) is 20.1 Å².